The minimum absolute atomic E-state index is 0.00129. The Kier molecular flexibility index (Phi) is 8.02. The third-order valence-electron chi connectivity index (χ3n) is 5.32. The number of hydrogen-bond acceptors (Lipinski definition) is 7. The minimum Gasteiger partial charge on any atom is -0.451 e. The predicted octanol–water partition coefficient (Wildman–Crippen LogP) is 1.95. The van der Waals surface area contributed by atoms with Gasteiger partial charge in [0.1, 0.15) is 0 Å². The van der Waals surface area contributed by atoms with Crippen molar-refractivity contribution in [2.75, 3.05) is 26.3 Å². The molecule has 0 atom stereocenters. The Hall–Kier alpha value is -3.43. The first-order chi connectivity index (χ1) is 15.8. The summed E-state index contributed by atoms with van der Waals surface area (Å²) in [5.74, 6) is -1.05. The molecular formula is C23H30N4O6. The van der Waals surface area contributed by atoms with E-state index in [1.165, 1.54) is 4.68 Å². The summed E-state index contributed by atoms with van der Waals surface area (Å²) in [6.45, 7) is 6.83. The third-order valence-corrected chi connectivity index (χ3v) is 5.32. The molecule has 178 valence electrons. The summed E-state index contributed by atoms with van der Waals surface area (Å²) in [6, 6.07) is 6.59. The van der Waals surface area contributed by atoms with Gasteiger partial charge < -0.3 is 19.7 Å². The van der Waals surface area contributed by atoms with Gasteiger partial charge in [-0.1, -0.05) is 32.0 Å². The van der Waals surface area contributed by atoms with E-state index in [-0.39, 0.29) is 29.3 Å². The molecule has 10 nitrogen and oxygen atoms in total. The van der Waals surface area contributed by atoms with Crippen LogP contribution in [0.3, 0.4) is 0 Å². The number of nitrogens with zero attached hydrogens (tertiary/aromatic N) is 3. The monoisotopic (exact) mass is 458 g/mol. The van der Waals surface area contributed by atoms with E-state index >= 15 is 0 Å². The number of benzene rings is 1. The van der Waals surface area contributed by atoms with Crippen LogP contribution in [0.1, 0.15) is 44.1 Å². The van der Waals surface area contributed by atoms with Crippen LogP contribution >= 0.6 is 0 Å². The number of piperidine rings is 1. The third kappa shape index (κ3) is 6.09. The fraction of sp³-hybridized carbons (Fsp3) is 0.522. The van der Waals surface area contributed by atoms with Gasteiger partial charge in [-0.3, -0.25) is 9.59 Å². The van der Waals surface area contributed by atoms with Crippen LogP contribution in [0.5, 0.6) is 0 Å². The van der Waals surface area contributed by atoms with Gasteiger partial charge in [0.25, 0.3) is 11.5 Å². The topological polar surface area (TPSA) is 120 Å². The molecule has 3 rings (SSSR count). The first kappa shape index (κ1) is 24.2. The minimum atomic E-state index is -0.768. The summed E-state index contributed by atoms with van der Waals surface area (Å²) in [6.07, 6.45) is 0.824. The summed E-state index contributed by atoms with van der Waals surface area (Å²) in [5.41, 5.74) is -0.274. The van der Waals surface area contributed by atoms with Crippen molar-refractivity contribution in [2.24, 2.45) is 5.92 Å². The number of rotatable bonds is 7. The number of hydrogen-bond donors (Lipinski definition) is 1. The summed E-state index contributed by atoms with van der Waals surface area (Å²) in [5, 5.41) is 7.81. The van der Waals surface area contributed by atoms with Gasteiger partial charge in [-0.05, 0) is 31.7 Å². The van der Waals surface area contributed by atoms with Crippen molar-refractivity contribution in [1.29, 1.82) is 0 Å². The smallest absolute Gasteiger partial charge is 0.409 e. The molecule has 0 unspecified atom stereocenters. The molecular weight excluding hydrogens is 428 g/mol. The van der Waals surface area contributed by atoms with Crippen molar-refractivity contribution in [3.8, 4) is 0 Å². The molecule has 0 radical (unpaired) electrons. The standard InChI is InChI=1S/C23H30N4O6/c1-4-32-23(31)26-11-9-16(10-12-26)24-19(28)14-33-22(30)20-17-7-5-6-8-18(17)21(29)27(25-20)13-15(2)3/h5-8,15-16H,4,9-14H2,1-3H3,(H,24,28). The number of likely N-dealkylation sites (tertiary alicyclic amines) is 1. The highest BCUT2D eigenvalue weighted by Gasteiger charge is 2.25. The Morgan fingerprint density at radius 1 is 1.12 bits per heavy atom. The molecule has 2 aromatic rings. The van der Waals surface area contributed by atoms with Crippen LogP contribution in [0, 0.1) is 5.92 Å². The number of nitrogens with one attached hydrogen (secondary N) is 1. The maximum atomic E-state index is 12.7. The molecule has 0 spiro atoms. The van der Waals surface area contributed by atoms with Gasteiger partial charge in [-0.15, -0.1) is 0 Å². The van der Waals surface area contributed by atoms with Gasteiger partial charge in [-0.25, -0.2) is 14.3 Å². The molecule has 0 bridgehead atoms. The molecule has 33 heavy (non-hydrogen) atoms. The van der Waals surface area contributed by atoms with Crippen molar-refractivity contribution in [3.63, 3.8) is 0 Å². The molecule has 10 heteroatoms. The molecule has 1 N–H and O–H groups in total. The van der Waals surface area contributed by atoms with Crippen molar-refractivity contribution in [1.82, 2.24) is 20.0 Å². The van der Waals surface area contributed by atoms with Crippen LogP contribution in [0.4, 0.5) is 4.79 Å². The Morgan fingerprint density at radius 2 is 1.79 bits per heavy atom. The molecule has 1 aromatic heterocycles. The Morgan fingerprint density at radius 3 is 2.42 bits per heavy atom. The van der Waals surface area contributed by atoms with Crippen LogP contribution < -0.4 is 10.9 Å². The zero-order valence-electron chi connectivity index (χ0n) is 19.2. The van der Waals surface area contributed by atoms with Gasteiger partial charge in [0.2, 0.25) is 0 Å². The van der Waals surface area contributed by atoms with E-state index in [9.17, 15) is 19.2 Å². The highest BCUT2D eigenvalue weighted by molar-refractivity contribution is 6.02. The van der Waals surface area contributed by atoms with Crippen LogP contribution in [0.2, 0.25) is 0 Å². The molecule has 1 aliphatic rings. The Labute approximate surface area is 191 Å². The molecule has 2 amide bonds. The number of esters is 1. The largest absolute Gasteiger partial charge is 0.451 e. The van der Waals surface area contributed by atoms with Gasteiger partial charge in [0.05, 0.1) is 12.0 Å². The zero-order valence-corrected chi connectivity index (χ0v) is 19.2. The lowest BCUT2D eigenvalue weighted by Crippen LogP contribution is -2.47. The summed E-state index contributed by atoms with van der Waals surface area (Å²) < 4.78 is 11.5. The SMILES string of the molecule is CCOC(=O)N1CCC(NC(=O)COC(=O)c2nn(CC(C)C)c(=O)c3ccccc23)CC1. The fourth-order valence-corrected chi connectivity index (χ4v) is 3.75. The molecule has 1 saturated heterocycles. The number of ether oxygens (including phenoxy) is 2. The first-order valence-corrected chi connectivity index (χ1v) is 11.2. The lowest BCUT2D eigenvalue weighted by Gasteiger charge is -2.31. The molecule has 0 aliphatic carbocycles. The van der Waals surface area contributed by atoms with Crippen LogP contribution in [-0.4, -0.2) is 65.0 Å². The van der Waals surface area contributed by atoms with Crippen molar-refractivity contribution in [2.45, 2.75) is 46.2 Å². The lowest BCUT2D eigenvalue weighted by molar-refractivity contribution is -0.125. The van der Waals surface area contributed by atoms with Gasteiger partial charge in [0.15, 0.2) is 12.3 Å². The molecule has 1 aliphatic heterocycles. The van der Waals surface area contributed by atoms with Crippen molar-refractivity contribution < 1.29 is 23.9 Å². The van der Waals surface area contributed by atoms with Crippen LogP contribution in [0.25, 0.3) is 10.8 Å². The van der Waals surface area contributed by atoms with E-state index in [1.807, 2.05) is 13.8 Å². The van der Waals surface area contributed by atoms with Gasteiger partial charge in [-0.2, -0.15) is 5.10 Å². The number of carbonyl (C=O) groups is 3. The average molecular weight is 459 g/mol. The zero-order chi connectivity index (χ0) is 24.0. The van der Waals surface area contributed by atoms with E-state index < -0.39 is 18.5 Å². The average Bonchev–Trinajstić information content (AvgIpc) is 2.79. The number of amides is 2. The van der Waals surface area contributed by atoms with E-state index in [4.69, 9.17) is 9.47 Å². The van der Waals surface area contributed by atoms with Crippen LogP contribution in [0.15, 0.2) is 29.1 Å². The second-order valence-corrected chi connectivity index (χ2v) is 8.38. The Bertz CT molecular complexity index is 1070. The number of aromatic nitrogens is 2. The quantitative estimate of drug-likeness (QED) is 0.630. The molecule has 1 aromatic carbocycles. The molecule has 0 saturated carbocycles. The fourth-order valence-electron chi connectivity index (χ4n) is 3.75. The summed E-state index contributed by atoms with van der Waals surface area (Å²) in [7, 11) is 0. The van der Waals surface area contributed by atoms with Crippen molar-refractivity contribution in [3.05, 3.63) is 40.3 Å². The van der Waals surface area contributed by atoms with E-state index in [1.54, 1.807) is 36.1 Å². The van der Waals surface area contributed by atoms with E-state index in [0.29, 0.717) is 49.9 Å². The highest BCUT2D eigenvalue weighted by atomic mass is 16.6. The highest BCUT2D eigenvalue weighted by Crippen LogP contribution is 2.15. The summed E-state index contributed by atoms with van der Waals surface area (Å²) in [4.78, 5) is 51.1. The van der Waals surface area contributed by atoms with Crippen molar-refractivity contribution >= 4 is 28.7 Å². The number of fused-ring (bicyclic) bond motifs is 1. The van der Waals surface area contributed by atoms with Gasteiger partial charge >= 0.3 is 12.1 Å². The second kappa shape index (κ2) is 10.9. The molecule has 1 fully saturated rings. The second-order valence-electron chi connectivity index (χ2n) is 8.38. The maximum absolute atomic E-state index is 12.7. The van der Waals surface area contributed by atoms with Crippen LogP contribution in [-0.2, 0) is 20.8 Å². The van der Waals surface area contributed by atoms with E-state index in [2.05, 4.69) is 10.4 Å². The molecule has 2 heterocycles. The lowest BCUT2D eigenvalue weighted by atomic mass is 10.1. The summed E-state index contributed by atoms with van der Waals surface area (Å²) >= 11 is 0. The normalized spacial score (nSPS) is 14.4. The number of carbonyl (C=O) groups excluding carboxylic acids is 3. The first-order valence-electron chi connectivity index (χ1n) is 11.2. The Balaban J connectivity index is 1.61. The van der Waals surface area contributed by atoms with Gasteiger partial charge in [0, 0.05) is 31.1 Å². The maximum Gasteiger partial charge on any atom is 0.409 e. The van der Waals surface area contributed by atoms with E-state index in [0.717, 1.165) is 0 Å². The predicted molar refractivity (Wildman–Crippen MR) is 121 cm³/mol.